The molecule has 0 heterocycles. The van der Waals surface area contributed by atoms with E-state index < -0.39 is 11.7 Å². The fourth-order valence-corrected chi connectivity index (χ4v) is 1.80. The molecule has 1 rings (SSSR count). The van der Waals surface area contributed by atoms with Crippen LogP contribution in [0.15, 0.2) is 18.2 Å². The van der Waals surface area contributed by atoms with Crippen LogP contribution in [0.3, 0.4) is 0 Å². The van der Waals surface area contributed by atoms with E-state index in [1.165, 1.54) is 0 Å². The van der Waals surface area contributed by atoms with Crippen molar-refractivity contribution in [2.75, 3.05) is 6.54 Å². The van der Waals surface area contributed by atoms with Crippen molar-refractivity contribution < 1.29 is 9.53 Å². The van der Waals surface area contributed by atoms with Gasteiger partial charge in [0.2, 0.25) is 0 Å². The first-order valence-corrected chi connectivity index (χ1v) is 6.87. The smallest absolute Gasteiger partial charge is 0.407 e. The Kier molecular flexibility index (Phi) is 5.91. The number of hydrogen-bond donors (Lipinski definition) is 1. The molecule has 0 radical (unpaired) electrons. The van der Waals surface area contributed by atoms with E-state index in [9.17, 15) is 4.79 Å². The number of amides is 1. The maximum atomic E-state index is 11.4. The summed E-state index contributed by atoms with van der Waals surface area (Å²) in [4.78, 5) is 11.4. The molecule has 3 nitrogen and oxygen atoms in total. The molecule has 1 aromatic rings. The monoisotopic (exact) mass is 293 g/mol. The van der Waals surface area contributed by atoms with E-state index in [4.69, 9.17) is 16.3 Å². The molecule has 1 N–H and O–H groups in total. The number of carbonyl (C=O) groups excluding carboxylic acids is 1. The van der Waals surface area contributed by atoms with Crippen molar-refractivity contribution in [1.82, 2.24) is 5.32 Å². The normalized spacial score (nSPS) is 10.4. The maximum absolute atomic E-state index is 11.4. The number of halogens is 1. The minimum atomic E-state index is -0.478. The van der Waals surface area contributed by atoms with Crippen LogP contribution in [-0.2, 0) is 4.74 Å². The fraction of sp³-hybridized carbons (Fsp3) is 0.438. The largest absolute Gasteiger partial charge is 0.444 e. The molecule has 0 aromatic heterocycles. The number of rotatable bonds is 2. The summed E-state index contributed by atoms with van der Waals surface area (Å²) in [6, 6.07) is 5.68. The van der Waals surface area contributed by atoms with Gasteiger partial charge in [-0.1, -0.05) is 23.4 Å². The quantitative estimate of drug-likeness (QED) is 0.663. The first kappa shape index (κ1) is 16.4. The Labute approximate surface area is 125 Å². The molecule has 0 aliphatic rings. The van der Waals surface area contributed by atoms with E-state index in [0.717, 1.165) is 11.1 Å². The lowest BCUT2D eigenvalue weighted by atomic mass is 10.1. The highest BCUT2D eigenvalue weighted by molar-refractivity contribution is 6.30. The van der Waals surface area contributed by atoms with Crippen LogP contribution in [0.4, 0.5) is 4.79 Å². The number of nitrogens with one attached hydrogen (secondary N) is 1. The van der Waals surface area contributed by atoms with Gasteiger partial charge < -0.3 is 10.1 Å². The molecule has 1 aromatic carbocycles. The molecule has 0 aliphatic heterocycles. The van der Waals surface area contributed by atoms with Crippen LogP contribution in [0.5, 0.6) is 0 Å². The maximum Gasteiger partial charge on any atom is 0.407 e. The molecule has 4 heteroatoms. The van der Waals surface area contributed by atoms with E-state index in [0.29, 0.717) is 18.0 Å². The molecule has 0 saturated heterocycles. The number of alkyl carbamates (subject to hydrolysis) is 1. The Morgan fingerprint density at radius 2 is 2.05 bits per heavy atom. The van der Waals surface area contributed by atoms with E-state index in [-0.39, 0.29) is 0 Å². The molecule has 0 bridgehead atoms. The summed E-state index contributed by atoms with van der Waals surface area (Å²) >= 11 is 5.95. The van der Waals surface area contributed by atoms with Gasteiger partial charge in [-0.2, -0.15) is 0 Å². The second-order valence-electron chi connectivity index (χ2n) is 5.50. The zero-order chi connectivity index (χ0) is 15.2. The van der Waals surface area contributed by atoms with Crippen molar-refractivity contribution >= 4 is 17.7 Å². The average molecular weight is 294 g/mol. The predicted octanol–water partition coefficient (Wildman–Crippen LogP) is 3.91. The summed E-state index contributed by atoms with van der Waals surface area (Å²) in [5.41, 5.74) is 1.48. The summed E-state index contributed by atoms with van der Waals surface area (Å²) in [7, 11) is 0. The van der Waals surface area contributed by atoms with Gasteiger partial charge in [-0.15, -0.1) is 0 Å². The van der Waals surface area contributed by atoms with Gasteiger partial charge in [0.1, 0.15) is 5.60 Å². The van der Waals surface area contributed by atoms with Crippen molar-refractivity contribution in [1.29, 1.82) is 0 Å². The van der Waals surface area contributed by atoms with Gasteiger partial charge in [0.05, 0.1) is 0 Å². The van der Waals surface area contributed by atoms with Gasteiger partial charge in [0.15, 0.2) is 0 Å². The van der Waals surface area contributed by atoms with Crippen LogP contribution < -0.4 is 5.32 Å². The molecule has 0 unspecified atom stereocenters. The summed E-state index contributed by atoms with van der Waals surface area (Å²) in [5.74, 6) is 6.02. The highest BCUT2D eigenvalue weighted by atomic mass is 35.5. The van der Waals surface area contributed by atoms with Crippen LogP contribution >= 0.6 is 11.6 Å². The molecule has 1 amide bonds. The lowest BCUT2D eigenvalue weighted by Crippen LogP contribution is -2.32. The second kappa shape index (κ2) is 7.21. The third-order valence-electron chi connectivity index (χ3n) is 2.19. The van der Waals surface area contributed by atoms with E-state index in [2.05, 4.69) is 17.2 Å². The predicted molar refractivity (Wildman–Crippen MR) is 81.9 cm³/mol. The Morgan fingerprint density at radius 3 is 2.65 bits per heavy atom. The molecule has 0 aliphatic carbocycles. The summed E-state index contributed by atoms with van der Waals surface area (Å²) in [6.45, 7) is 7.91. The molecule has 108 valence electrons. The number of ether oxygens (including phenoxy) is 1. The third kappa shape index (κ3) is 7.06. The molecule has 20 heavy (non-hydrogen) atoms. The first-order chi connectivity index (χ1) is 9.26. The summed E-state index contributed by atoms with van der Waals surface area (Å²) in [5, 5.41) is 3.34. The standard InChI is InChI=1S/C16H20ClNO2/c1-12-9-13(11-14(17)10-12)7-5-6-8-18-15(19)20-16(2,3)4/h9-11H,6,8H2,1-4H3,(H,18,19). The van der Waals surface area contributed by atoms with E-state index >= 15 is 0 Å². The lowest BCUT2D eigenvalue weighted by molar-refractivity contribution is 0.0529. The SMILES string of the molecule is Cc1cc(Cl)cc(C#CCCNC(=O)OC(C)(C)C)c1. The molecule has 0 spiro atoms. The highest BCUT2D eigenvalue weighted by Gasteiger charge is 2.15. The van der Waals surface area contributed by atoms with Crippen molar-refractivity contribution in [3.05, 3.63) is 34.3 Å². The fourth-order valence-electron chi connectivity index (χ4n) is 1.51. The minimum absolute atomic E-state index is 0.419. The zero-order valence-electron chi connectivity index (χ0n) is 12.3. The van der Waals surface area contributed by atoms with Gasteiger partial charge >= 0.3 is 6.09 Å². The summed E-state index contributed by atoms with van der Waals surface area (Å²) < 4.78 is 5.12. The van der Waals surface area contributed by atoms with Crippen molar-refractivity contribution in [3.8, 4) is 11.8 Å². The van der Waals surface area contributed by atoms with Crippen LogP contribution in [0, 0.1) is 18.8 Å². The first-order valence-electron chi connectivity index (χ1n) is 6.49. The Bertz CT molecular complexity index is 515. The van der Waals surface area contributed by atoms with Gasteiger partial charge in [0.25, 0.3) is 0 Å². The summed E-state index contributed by atoms with van der Waals surface area (Å²) in [6.07, 6.45) is 0.142. The highest BCUT2D eigenvalue weighted by Crippen LogP contribution is 2.13. The van der Waals surface area contributed by atoms with Gasteiger partial charge in [-0.05, 0) is 51.5 Å². The van der Waals surface area contributed by atoms with Crippen molar-refractivity contribution in [3.63, 3.8) is 0 Å². The number of carbonyl (C=O) groups is 1. The molecular formula is C16H20ClNO2. The van der Waals surface area contributed by atoms with Crippen molar-refractivity contribution in [2.24, 2.45) is 0 Å². The molecule has 0 saturated carbocycles. The van der Waals surface area contributed by atoms with Crippen LogP contribution in [0.25, 0.3) is 0 Å². The number of aryl methyl sites for hydroxylation is 1. The number of hydrogen-bond acceptors (Lipinski definition) is 2. The Balaban J connectivity index is 2.38. The van der Waals surface area contributed by atoms with Gasteiger partial charge in [-0.3, -0.25) is 0 Å². The zero-order valence-corrected chi connectivity index (χ0v) is 13.1. The molecule has 0 atom stereocenters. The van der Waals surface area contributed by atoms with Crippen LogP contribution in [0.2, 0.25) is 5.02 Å². The number of benzene rings is 1. The van der Waals surface area contributed by atoms with E-state index in [1.54, 1.807) is 0 Å². The average Bonchev–Trinajstić information content (AvgIpc) is 2.24. The third-order valence-corrected chi connectivity index (χ3v) is 2.41. The second-order valence-corrected chi connectivity index (χ2v) is 5.93. The van der Waals surface area contributed by atoms with Gasteiger partial charge in [-0.25, -0.2) is 4.79 Å². The van der Waals surface area contributed by atoms with Crippen LogP contribution in [-0.4, -0.2) is 18.2 Å². The van der Waals surface area contributed by atoms with Crippen molar-refractivity contribution in [2.45, 2.75) is 39.7 Å². The lowest BCUT2D eigenvalue weighted by Gasteiger charge is -2.19. The van der Waals surface area contributed by atoms with Crippen LogP contribution in [0.1, 0.15) is 38.3 Å². The Hall–Kier alpha value is -1.66. The minimum Gasteiger partial charge on any atom is -0.444 e. The van der Waals surface area contributed by atoms with Gasteiger partial charge in [0, 0.05) is 23.6 Å². The molecular weight excluding hydrogens is 274 g/mol. The Morgan fingerprint density at radius 1 is 1.35 bits per heavy atom. The van der Waals surface area contributed by atoms with E-state index in [1.807, 2.05) is 45.9 Å². The molecule has 0 fully saturated rings. The topological polar surface area (TPSA) is 38.3 Å².